The second kappa shape index (κ2) is 69.5. The number of carbonyl (C=O) groups is 3. The quantitative estimate of drug-likeness (QED) is 0.0261. The molecule has 0 aromatic carbocycles. The van der Waals surface area contributed by atoms with E-state index in [4.69, 9.17) is 14.2 Å². The van der Waals surface area contributed by atoms with Gasteiger partial charge in [0.1, 0.15) is 13.2 Å². The minimum atomic E-state index is -0.831. The lowest BCUT2D eigenvalue weighted by Gasteiger charge is -2.18. The van der Waals surface area contributed by atoms with Crippen LogP contribution in [0.4, 0.5) is 0 Å². The van der Waals surface area contributed by atoms with Crippen molar-refractivity contribution in [3.63, 3.8) is 0 Å². The highest BCUT2D eigenvalue weighted by Crippen LogP contribution is 2.16. The molecular weight excluding hydrogens is 1020 g/mol. The smallest absolute Gasteiger partial charge is 0.306 e. The monoisotopic (exact) mass is 1140 g/mol. The third-order valence-electron chi connectivity index (χ3n) is 14.0. The lowest BCUT2D eigenvalue weighted by atomic mass is 10.0. The summed E-state index contributed by atoms with van der Waals surface area (Å²) in [5.41, 5.74) is 0. The molecule has 0 fully saturated rings. The van der Waals surface area contributed by atoms with Crippen LogP contribution in [0.5, 0.6) is 0 Å². The van der Waals surface area contributed by atoms with Gasteiger partial charge in [-0.15, -0.1) is 0 Å². The third kappa shape index (κ3) is 67.7. The number of carbonyl (C=O) groups excluding carboxylic acids is 3. The molecule has 0 aliphatic heterocycles. The number of hydrogen-bond acceptors (Lipinski definition) is 6. The average Bonchev–Trinajstić information content (AvgIpc) is 3.49. The highest BCUT2D eigenvalue weighted by molar-refractivity contribution is 5.71. The van der Waals surface area contributed by atoms with Gasteiger partial charge in [0.25, 0.3) is 0 Å². The molecule has 6 nitrogen and oxygen atoms in total. The molecule has 0 aliphatic rings. The maximum absolute atomic E-state index is 12.9. The topological polar surface area (TPSA) is 78.9 Å². The van der Waals surface area contributed by atoms with Crippen molar-refractivity contribution in [1.82, 2.24) is 0 Å². The summed E-state index contributed by atoms with van der Waals surface area (Å²) in [5, 5.41) is 0. The summed E-state index contributed by atoms with van der Waals surface area (Å²) >= 11 is 0. The zero-order valence-corrected chi connectivity index (χ0v) is 53.7. The van der Waals surface area contributed by atoms with E-state index in [0.717, 1.165) is 141 Å². The third-order valence-corrected chi connectivity index (χ3v) is 14.0. The van der Waals surface area contributed by atoms with Crippen molar-refractivity contribution < 1.29 is 28.6 Å². The number of esters is 3. The van der Waals surface area contributed by atoms with Crippen LogP contribution < -0.4 is 0 Å². The van der Waals surface area contributed by atoms with Gasteiger partial charge in [0.15, 0.2) is 6.10 Å². The Kier molecular flexibility index (Phi) is 65.4. The Morgan fingerprint density at radius 3 is 0.783 bits per heavy atom. The van der Waals surface area contributed by atoms with E-state index in [9.17, 15) is 14.4 Å². The molecule has 0 aromatic rings. The first-order chi connectivity index (χ1) is 41.0. The normalized spacial score (nSPS) is 13.1. The van der Waals surface area contributed by atoms with Gasteiger partial charge in [0, 0.05) is 19.3 Å². The Balaban J connectivity index is 4.29. The van der Waals surface area contributed by atoms with Gasteiger partial charge in [-0.1, -0.05) is 301 Å². The molecular formula is C77H124O6. The van der Waals surface area contributed by atoms with Crippen LogP contribution >= 0.6 is 0 Å². The van der Waals surface area contributed by atoms with Gasteiger partial charge >= 0.3 is 17.9 Å². The van der Waals surface area contributed by atoms with E-state index in [0.29, 0.717) is 19.3 Å². The van der Waals surface area contributed by atoms with Crippen LogP contribution in [-0.4, -0.2) is 37.2 Å². The molecule has 0 heterocycles. The first kappa shape index (κ1) is 78.0. The minimum absolute atomic E-state index is 0.116. The Morgan fingerprint density at radius 1 is 0.253 bits per heavy atom. The zero-order chi connectivity index (χ0) is 59.9. The standard InChI is InChI=1S/C77H124O6/c1-4-7-10-13-16-19-22-25-27-29-31-32-33-34-35-36-37-38-39-40-41-42-43-44-46-47-49-52-55-58-61-64-67-70-76(79)82-73-74(72-81-75(78)69-66-63-60-57-54-51-24-21-18-15-12-9-6-3)83-77(80)71-68-65-62-59-56-53-50-48-45-30-28-26-23-20-17-14-11-8-5-2/h7-8,10-12,15-17,19-21,24-28,31-32,34-35,45,48,53,56,62,65,74H,4-6,9,13-14,18,22-23,29-30,33,36-44,46-47,49-52,54-55,57-61,63-64,66-73H2,1-3H3/b10-7-,11-8-,15-12-,19-16-,20-17-,24-21-,27-25-,28-26-,32-31-,35-34-,48-45-,56-53-,65-62-. The highest BCUT2D eigenvalue weighted by Gasteiger charge is 2.19. The van der Waals surface area contributed by atoms with Crippen LogP contribution in [0.25, 0.3) is 0 Å². The van der Waals surface area contributed by atoms with E-state index in [2.05, 4.69) is 173 Å². The van der Waals surface area contributed by atoms with Gasteiger partial charge in [-0.3, -0.25) is 14.4 Å². The lowest BCUT2D eigenvalue weighted by molar-refractivity contribution is -0.166. The van der Waals surface area contributed by atoms with Gasteiger partial charge in [-0.05, 0) is 128 Å². The minimum Gasteiger partial charge on any atom is -0.462 e. The molecule has 0 saturated carbocycles. The number of allylic oxidation sites excluding steroid dienone is 26. The lowest BCUT2D eigenvalue weighted by Crippen LogP contribution is -2.30. The van der Waals surface area contributed by atoms with E-state index in [-0.39, 0.29) is 31.6 Å². The van der Waals surface area contributed by atoms with Crippen LogP contribution in [0.1, 0.15) is 290 Å². The highest BCUT2D eigenvalue weighted by atomic mass is 16.6. The van der Waals surface area contributed by atoms with Crippen molar-refractivity contribution in [2.24, 2.45) is 0 Å². The van der Waals surface area contributed by atoms with Crippen molar-refractivity contribution in [3.8, 4) is 0 Å². The average molecular weight is 1150 g/mol. The van der Waals surface area contributed by atoms with E-state index >= 15 is 0 Å². The number of hydrogen-bond donors (Lipinski definition) is 0. The van der Waals surface area contributed by atoms with Crippen molar-refractivity contribution in [2.45, 2.75) is 297 Å². The molecule has 468 valence electrons. The Hall–Kier alpha value is -4.97. The van der Waals surface area contributed by atoms with Gasteiger partial charge < -0.3 is 14.2 Å². The molecule has 6 heteroatoms. The van der Waals surface area contributed by atoms with Crippen molar-refractivity contribution in [3.05, 3.63) is 158 Å². The summed E-state index contributed by atoms with van der Waals surface area (Å²) in [6.07, 6.45) is 101. The largest absolute Gasteiger partial charge is 0.462 e. The molecule has 0 rings (SSSR count). The van der Waals surface area contributed by atoms with Crippen molar-refractivity contribution in [1.29, 1.82) is 0 Å². The summed E-state index contributed by atoms with van der Waals surface area (Å²) in [5.74, 6) is -1.01. The van der Waals surface area contributed by atoms with Crippen molar-refractivity contribution >= 4 is 17.9 Å². The van der Waals surface area contributed by atoms with Gasteiger partial charge in [-0.25, -0.2) is 0 Å². The Morgan fingerprint density at radius 2 is 0.494 bits per heavy atom. The fraction of sp³-hybridized carbons (Fsp3) is 0.623. The second-order valence-electron chi connectivity index (χ2n) is 22.0. The second-order valence-corrected chi connectivity index (χ2v) is 22.0. The molecule has 0 N–H and O–H groups in total. The molecule has 0 spiro atoms. The van der Waals surface area contributed by atoms with E-state index in [1.165, 1.54) is 103 Å². The first-order valence-corrected chi connectivity index (χ1v) is 34.0. The van der Waals surface area contributed by atoms with Crippen molar-refractivity contribution in [2.75, 3.05) is 13.2 Å². The first-order valence-electron chi connectivity index (χ1n) is 34.0. The summed E-state index contributed by atoms with van der Waals surface area (Å²) in [7, 11) is 0. The Bertz CT molecular complexity index is 1840. The predicted octanol–water partition coefficient (Wildman–Crippen LogP) is 23.7. The van der Waals surface area contributed by atoms with E-state index < -0.39 is 12.1 Å². The van der Waals surface area contributed by atoms with Crippen LogP contribution in [0.2, 0.25) is 0 Å². The summed E-state index contributed by atoms with van der Waals surface area (Å²) in [4.78, 5) is 38.3. The van der Waals surface area contributed by atoms with Crippen LogP contribution in [0, 0.1) is 0 Å². The zero-order valence-electron chi connectivity index (χ0n) is 53.7. The molecule has 0 radical (unpaired) electrons. The predicted molar refractivity (Wildman–Crippen MR) is 362 cm³/mol. The molecule has 0 amide bonds. The number of unbranched alkanes of at least 4 members (excludes halogenated alkanes) is 23. The summed E-state index contributed by atoms with van der Waals surface area (Å²) in [6, 6.07) is 0. The molecule has 0 bridgehead atoms. The maximum Gasteiger partial charge on any atom is 0.306 e. The number of rotatable bonds is 60. The molecule has 1 atom stereocenters. The maximum atomic E-state index is 12.9. The molecule has 1 unspecified atom stereocenters. The summed E-state index contributed by atoms with van der Waals surface area (Å²) < 4.78 is 16.8. The van der Waals surface area contributed by atoms with Gasteiger partial charge in [0.2, 0.25) is 0 Å². The molecule has 0 saturated heterocycles. The van der Waals surface area contributed by atoms with Crippen LogP contribution in [0.15, 0.2) is 158 Å². The molecule has 0 aliphatic carbocycles. The SMILES string of the molecule is CC/C=C\C/C=C\C/C=C\C/C=C\C/C=C\C/C=C\CCC(=O)OC(COC(=O)CCCCCCC/C=C\C/C=C\CCC)COC(=O)CCCCCCCCCCCCCCCCCCC/C=C\C/C=C\C/C=C\C/C=C\C/C=C\CC. The fourth-order valence-corrected chi connectivity index (χ4v) is 9.00. The van der Waals surface area contributed by atoms with Gasteiger partial charge in [0.05, 0.1) is 0 Å². The molecule has 0 aromatic heterocycles. The fourth-order valence-electron chi connectivity index (χ4n) is 9.00. The summed E-state index contributed by atoms with van der Waals surface area (Å²) in [6.45, 7) is 6.28. The van der Waals surface area contributed by atoms with Crippen LogP contribution in [-0.2, 0) is 28.6 Å². The molecule has 83 heavy (non-hydrogen) atoms. The van der Waals surface area contributed by atoms with E-state index in [1.807, 2.05) is 6.08 Å². The Labute approximate surface area is 511 Å². The van der Waals surface area contributed by atoms with Crippen LogP contribution in [0.3, 0.4) is 0 Å². The van der Waals surface area contributed by atoms with Gasteiger partial charge in [-0.2, -0.15) is 0 Å². The number of ether oxygens (including phenoxy) is 3. The van der Waals surface area contributed by atoms with E-state index in [1.54, 1.807) is 0 Å².